The summed E-state index contributed by atoms with van der Waals surface area (Å²) in [6.45, 7) is 3.24. The number of piperidine rings is 1. The second-order valence-corrected chi connectivity index (χ2v) is 6.63. The molecule has 24 heavy (non-hydrogen) atoms. The van der Waals surface area contributed by atoms with Crippen LogP contribution in [0, 0.1) is 17.7 Å². The number of rotatable bonds is 2. The van der Waals surface area contributed by atoms with Crippen LogP contribution < -0.4 is 4.90 Å². The number of hydrogen-bond acceptors (Lipinski definition) is 6. The quantitative estimate of drug-likeness (QED) is 0.803. The number of carbonyl (C=O) groups is 1. The number of halogens is 1. The number of ether oxygens (including phenoxy) is 1. The van der Waals surface area contributed by atoms with Crippen molar-refractivity contribution in [2.75, 3.05) is 37.7 Å². The Bertz CT molecular complexity index is 593. The Morgan fingerprint density at radius 2 is 2.12 bits per heavy atom. The number of aromatic nitrogens is 2. The van der Waals surface area contributed by atoms with E-state index >= 15 is 0 Å². The Hall–Kier alpha value is -1.80. The van der Waals surface area contributed by atoms with Crippen molar-refractivity contribution in [1.82, 2.24) is 15.0 Å². The Balaban J connectivity index is 1.41. The van der Waals surface area contributed by atoms with Gasteiger partial charge >= 0.3 is 0 Å². The van der Waals surface area contributed by atoms with Crippen molar-refractivity contribution in [2.45, 2.75) is 25.4 Å². The van der Waals surface area contributed by atoms with E-state index in [-0.39, 0.29) is 23.8 Å². The first-order chi connectivity index (χ1) is 11.7. The summed E-state index contributed by atoms with van der Waals surface area (Å²) in [5, 5.41) is 1.48. The van der Waals surface area contributed by atoms with Crippen LogP contribution in [0.25, 0.3) is 0 Å². The van der Waals surface area contributed by atoms with E-state index in [9.17, 15) is 9.18 Å². The van der Waals surface area contributed by atoms with Gasteiger partial charge in [0.2, 0.25) is 5.95 Å². The van der Waals surface area contributed by atoms with E-state index < -0.39 is 5.82 Å². The topological polar surface area (TPSA) is 67.8 Å². The van der Waals surface area contributed by atoms with Crippen molar-refractivity contribution in [3.05, 3.63) is 18.2 Å². The van der Waals surface area contributed by atoms with Gasteiger partial charge in [0.15, 0.2) is 5.82 Å². The van der Waals surface area contributed by atoms with Gasteiger partial charge in [0.1, 0.15) is 0 Å². The van der Waals surface area contributed by atoms with Gasteiger partial charge in [-0.1, -0.05) is 0 Å². The lowest BCUT2D eigenvalue weighted by atomic mass is 9.83. The molecule has 3 atom stereocenters. The Morgan fingerprint density at radius 1 is 1.29 bits per heavy atom. The Kier molecular flexibility index (Phi) is 4.32. The first kappa shape index (κ1) is 15.7. The third kappa shape index (κ3) is 3.08. The summed E-state index contributed by atoms with van der Waals surface area (Å²) in [5.74, 6) is 0.217. The third-order valence-corrected chi connectivity index (χ3v) is 5.00. The van der Waals surface area contributed by atoms with Crippen molar-refractivity contribution in [2.24, 2.45) is 11.8 Å². The molecule has 0 bridgehead atoms. The molecule has 0 aromatic carbocycles. The predicted molar refractivity (Wildman–Crippen MR) is 82.4 cm³/mol. The highest BCUT2D eigenvalue weighted by molar-refractivity contribution is 5.78. The first-order valence-electron chi connectivity index (χ1n) is 8.49. The number of anilines is 1. The molecule has 0 radical (unpaired) electrons. The summed E-state index contributed by atoms with van der Waals surface area (Å²) in [6, 6.07) is 0. The molecule has 3 aliphatic rings. The van der Waals surface area contributed by atoms with E-state index in [4.69, 9.17) is 9.57 Å². The zero-order chi connectivity index (χ0) is 16.5. The normalized spacial score (nSPS) is 30.3. The minimum absolute atomic E-state index is 0.0288. The molecule has 0 N–H and O–H groups in total. The average molecular weight is 336 g/mol. The average Bonchev–Trinajstić information content (AvgIpc) is 3.15. The largest absolute Gasteiger partial charge is 0.377 e. The molecule has 8 heteroatoms. The molecule has 7 nitrogen and oxygen atoms in total. The monoisotopic (exact) mass is 336 g/mol. The van der Waals surface area contributed by atoms with Crippen LogP contribution in [0.2, 0.25) is 0 Å². The summed E-state index contributed by atoms with van der Waals surface area (Å²) < 4.78 is 18.9. The SMILES string of the molecule is O=C([C@@H]1CO[C@@H]2CCN(c3ncc(F)cn3)C[C@@H]2C1)N1CCCO1. The molecule has 3 saturated heterocycles. The van der Waals surface area contributed by atoms with Gasteiger partial charge in [0.25, 0.3) is 5.91 Å². The van der Waals surface area contributed by atoms with Gasteiger partial charge in [-0.25, -0.2) is 19.4 Å². The Morgan fingerprint density at radius 3 is 2.88 bits per heavy atom. The molecule has 1 amide bonds. The lowest BCUT2D eigenvalue weighted by Gasteiger charge is -2.43. The van der Waals surface area contributed by atoms with E-state index in [2.05, 4.69) is 9.97 Å². The van der Waals surface area contributed by atoms with Crippen LogP contribution >= 0.6 is 0 Å². The smallest absolute Gasteiger partial charge is 0.251 e. The summed E-state index contributed by atoms with van der Waals surface area (Å²) in [7, 11) is 0. The van der Waals surface area contributed by atoms with Gasteiger partial charge in [-0.15, -0.1) is 0 Å². The fraction of sp³-hybridized carbons (Fsp3) is 0.688. The minimum atomic E-state index is -0.439. The number of fused-ring (bicyclic) bond motifs is 1. The fourth-order valence-electron chi connectivity index (χ4n) is 3.78. The molecule has 3 fully saturated rings. The van der Waals surface area contributed by atoms with Crippen molar-refractivity contribution in [3.8, 4) is 0 Å². The number of hydrogen-bond donors (Lipinski definition) is 0. The highest BCUT2D eigenvalue weighted by atomic mass is 19.1. The van der Waals surface area contributed by atoms with Crippen LogP contribution in [0.4, 0.5) is 10.3 Å². The van der Waals surface area contributed by atoms with E-state index in [1.54, 1.807) is 0 Å². The second-order valence-electron chi connectivity index (χ2n) is 6.63. The van der Waals surface area contributed by atoms with E-state index in [1.165, 1.54) is 17.5 Å². The number of amides is 1. The van der Waals surface area contributed by atoms with Crippen molar-refractivity contribution < 1.29 is 18.8 Å². The van der Waals surface area contributed by atoms with Gasteiger partial charge < -0.3 is 9.64 Å². The van der Waals surface area contributed by atoms with Crippen LogP contribution in [0.5, 0.6) is 0 Å². The molecule has 1 aromatic heterocycles. The first-order valence-corrected chi connectivity index (χ1v) is 8.49. The minimum Gasteiger partial charge on any atom is -0.377 e. The van der Waals surface area contributed by atoms with Gasteiger partial charge in [-0.05, 0) is 19.3 Å². The molecule has 3 aliphatic heterocycles. The van der Waals surface area contributed by atoms with Crippen molar-refractivity contribution in [1.29, 1.82) is 0 Å². The fourth-order valence-corrected chi connectivity index (χ4v) is 3.78. The van der Waals surface area contributed by atoms with E-state index in [0.29, 0.717) is 25.7 Å². The summed E-state index contributed by atoms with van der Waals surface area (Å²) in [6.07, 6.45) is 5.07. The zero-order valence-corrected chi connectivity index (χ0v) is 13.4. The molecule has 4 heterocycles. The molecular formula is C16H21FN4O3. The second kappa shape index (κ2) is 6.60. The highest BCUT2D eigenvalue weighted by Crippen LogP contribution is 2.33. The van der Waals surface area contributed by atoms with E-state index in [0.717, 1.165) is 32.4 Å². The van der Waals surface area contributed by atoms with E-state index in [1.807, 2.05) is 4.90 Å². The predicted octanol–water partition coefficient (Wildman–Crippen LogP) is 1.01. The molecule has 130 valence electrons. The number of carbonyl (C=O) groups excluding carboxylic acids is 1. The molecule has 0 aliphatic carbocycles. The van der Waals surface area contributed by atoms with Crippen LogP contribution in [-0.2, 0) is 14.4 Å². The van der Waals surface area contributed by atoms with Crippen molar-refractivity contribution in [3.63, 3.8) is 0 Å². The number of hydroxylamine groups is 2. The van der Waals surface area contributed by atoms with Crippen LogP contribution in [0.1, 0.15) is 19.3 Å². The molecule has 1 aromatic rings. The molecular weight excluding hydrogens is 315 g/mol. The maximum absolute atomic E-state index is 13.0. The van der Waals surface area contributed by atoms with Gasteiger partial charge in [-0.3, -0.25) is 9.63 Å². The maximum atomic E-state index is 13.0. The zero-order valence-electron chi connectivity index (χ0n) is 13.4. The van der Waals surface area contributed by atoms with Crippen LogP contribution in [0.3, 0.4) is 0 Å². The molecule has 0 unspecified atom stereocenters. The summed E-state index contributed by atoms with van der Waals surface area (Å²) >= 11 is 0. The summed E-state index contributed by atoms with van der Waals surface area (Å²) in [4.78, 5) is 28.0. The lowest BCUT2D eigenvalue weighted by molar-refractivity contribution is -0.181. The molecule has 0 saturated carbocycles. The molecule has 4 rings (SSSR count). The maximum Gasteiger partial charge on any atom is 0.251 e. The summed E-state index contributed by atoms with van der Waals surface area (Å²) in [5.41, 5.74) is 0. The third-order valence-electron chi connectivity index (χ3n) is 5.00. The standard InChI is InChI=1S/C16H21FN4O3/c17-13-7-18-16(19-8-13)20-4-2-14-11(9-20)6-12(10-23-14)15(22)21-3-1-5-24-21/h7-8,11-12,14H,1-6,9-10H2/t11-,12-,14+/m0/s1. The van der Waals surface area contributed by atoms with Gasteiger partial charge in [0, 0.05) is 19.0 Å². The number of nitrogens with zero attached hydrogens (tertiary/aromatic N) is 4. The van der Waals surface area contributed by atoms with Gasteiger partial charge in [0.05, 0.1) is 44.2 Å². The van der Waals surface area contributed by atoms with Crippen LogP contribution in [-0.4, -0.2) is 59.9 Å². The van der Waals surface area contributed by atoms with Gasteiger partial charge in [-0.2, -0.15) is 0 Å². The Labute approximate surface area is 139 Å². The lowest BCUT2D eigenvalue weighted by Crippen LogP contribution is -2.51. The highest BCUT2D eigenvalue weighted by Gasteiger charge is 2.40. The van der Waals surface area contributed by atoms with Crippen LogP contribution in [0.15, 0.2) is 12.4 Å². The van der Waals surface area contributed by atoms with Crippen molar-refractivity contribution >= 4 is 11.9 Å². The molecule has 0 spiro atoms.